The molecule has 2 heterocycles. The van der Waals surface area contributed by atoms with Gasteiger partial charge in [0, 0.05) is 47.6 Å². The molecule has 2 amide bonds. The lowest BCUT2D eigenvalue weighted by Crippen LogP contribution is -2.21. The van der Waals surface area contributed by atoms with Crippen LogP contribution in [0.3, 0.4) is 0 Å². The number of rotatable bonds is 3. The van der Waals surface area contributed by atoms with Crippen LogP contribution < -0.4 is 16.0 Å². The van der Waals surface area contributed by atoms with Crippen LogP contribution in [0, 0.1) is 0 Å². The van der Waals surface area contributed by atoms with Crippen LogP contribution in [0.25, 0.3) is 10.9 Å². The van der Waals surface area contributed by atoms with Crippen molar-refractivity contribution in [3.63, 3.8) is 0 Å². The van der Waals surface area contributed by atoms with Crippen molar-refractivity contribution in [1.29, 1.82) is 0 Å². The maximum Gasteiger partial charge on any atom is 0.323 e. The molecule has 0 spiro atoms. The Balaban J connectivity index is 1.47. The van der Waals surface area contributed by atoms with Gasteiger partial charge in [-0.05, 0) is 36.4 Å². The molecule has 0 fully saturated rings. The lowest BCUT2D eigenvalue weighted by molar-refractivity contribution is 0.262. The maximum absolute atomic E-state index is 12.3. The Labute approximate surface area is 145 Å². The summed E-state index contributed by atoms with van der Waals surface area (Å²) in [4.78, 5) is 16.7. The van der Waals surface area contributed by atoms with E-state index < -0.39 is 0 Å². The molecule has 2 aromatic carbocycles. The second-order valence-electron chi connectivity index (χ2n) is 6.02. The largest absolute Gasteiger partial charge is 0.368 e. The number of hydrogen-bond donors (Lipinski definition) is 3. The lowest BCUT2D eigenvalue weighted by atomic mass is 10.2. The maximum atomic E-state index is 12.3. The Hall–Kier alpha value is -3.28. The summed E-state index contributed by atoms with van der Waals surface area (Å²) in [6, 6.07) is 15.3. The highest BCUT2D eigenvalue weighted by molar-refractivity contribution is 6.03. The van der Waals surface area contributed by atoms with Crippen molar-refractivity contribution >= 4 is 34.1 Å². The molecule has 1 aromatic heterocycles. The first-order chi connectivity index (χ1) is 12.2. The Morgan fingerprint density at radius 1 is 1.12 bits per heavy atom. The number of amidine groups is 1. The fourth-order valence-electron chi connectivity index (χ4n) is 2.99. The monoisotopic (exact) mass is 333 g/mol. The molecule has 3 aromatic rings. The molecule has 3 N–H and O–H groups in total. The second-order valence-corrected chi connectivity index (χ2v) is 6.02. The van der Waals surface area contributed by atoms with E-state index in [4.69, 9.17) is 0 Å². The van der Waals surface area contributed by atoms with Gasteiger partial charge in [-0.3, -0.25) is 4.99 Å². The standard InChI is InChI=1S/C19H19N5O/c1-24-10-7-13-11-16(5-6-17(13)24)23-19(25)22-15-4-2-3-14(12-15)18-20-8-9-21-18/h2-7,10-12H,8-9H2,1H3,(H,20,21)(H2,22,23,25). The quantitative estimate of drug-likeness (QED) is 0.689. The summed E-state index contributed by atoms with van der Waals surface area (Å²) in [6.07, 6.45) is 2.00. The summed E-state index contributed by atoms with van der Waals surface area (Å²) in [5.41, 5.74) is 3.59. The average molecular weight is 333 g/mol. The van der Waals surface area contributed by atoms with Gasteiger partial charge in [0.2, 0.25) is 0 Å². The molecule has 0 saturated heterocycles. The number of aromatic nitrogens is 1. The van der Waals surface area contributed by atoms with E-state index in [1.165, 1.54) is 0 Å². The first-order valence-corrected chi connectivity index (χ1v) is 8.21. The number of benzene rings is 2. The molecule has 6 nitrogen and oxygen atoms in total. The fourth-order valence-corrected chi connectivity index (χ4v) is 2.99. The van der Waals surface area contributed by atoms with Gasteiger partial charge in [0.1, 0.15) is 5.84 Å². The van der Waals surface area contributed by atoms with E-state index in [1.807, 2.05) is 66.3 Å². The van der Waals surface area contributed by atoms with E-state index >= 15 is 0 Å². The van der Waals surface area contributed by atoms with Crippen molar-refractivity contribution in [2.45, 2.75) is 0 Å². The third-order valence-corrected chi connectivity index (χ3v) is 4.21. The van der Waals surface area contributed by atoms with Gasteiger partial charge in [0.25, 0.3) is 0 Å². The van der Waals surface area contributed by atoms with E-state index in [9.17, 15) is 4.79 Å². The highest BCUT2D eigenvalue weighted by atomic mass is 16.2. The number of carbonyl (C=O) groups excluding carboxylic acids is 1. The lowest BCUT2D eigenvalue weighted by Gasteiger charge is -2.10. The van der Waals surface area contributed by atoms with E-state index in [1.54, 1.807) is 0 Å². The van der Waals surface area contributed by atoms with Gasteiger partial charge in [-0.15, -0.1) is 0 Å². The van der Waals surface area contributed by atoms with Gasteiger partial charge in [-0.1, -0.05) is 12.1 Å². The van der Waals surface area contributed by atoms with Gasteiger partial charge >= 0.3 is 6.03 Å². The highest BCUT2D eigenvalue weighted by Crippen LogP contribution is 2.20. The minimum absolute atomic E-state index is 0.270. The van der Waals surface area contributed by atoms with Crippen molar-refractivity contribution in [2.24, 2.45) is 12.0 Å². The third-order valence-electron chi connectivity index (χ3n) is 4.21. The third kappa shape index (κ3) is 3.19. The summed E-state index contributed by atoms with van der Waals surface area (Å²) in [5, 5.41) is 10.1. The molecule has 0 unspecified atom stereocenters. The van der Waals surface area contributed by atoms with Gasteiger partial charge in [-0.25, -0.2) is 4.79 Å². The molecule has 126 valence electrons. The number of amides is 2. The summed E-state index contributed by atoms with van der Waals surface area (Å²) in [5.74, 6) is 0.874. The number of carbonyl (C=O) groups is 1. The number of aryl methyl sites for hydroxylation is 1. The molecule has 6 heteroatoms. The zero-order valence-electron chi connectivity index (χ0n) is 13.9. The van der Waals surface area contributed by atoms with E-state index in [0.29, 0.717) is 0 Å². The smallest absolute Gasteiger partial charge is 0.323 e. The molecule has 0 radical (unpaired) electrons. The topological polar surface area (TPSA) is 70.5 Å². The minimum atomic E-state index is -0.270. The number of nitrogens with zero attached hydrogens (tertiary/aromatic N) is 2. The van der Waals surface area contributed by atoms with Crippen LogP contribution in [-0.4, -0.2) is 29.5 Å². The molecular weight excluding hydrogens is 314 g/mol. The van der Waals surface area contributed by atoms with Crippen molar-refractivity contribution in [2.75, 3.05) is 23.7 Å². The van der Waals surface area contributed by atoms with E-state index in [-0.39, 0.29) is 6.03 Å². The second kappa shape index (κ2) is 6.32. The number of aliphatic imine (C=N–C) groups is 1. The van der Waals surface area contributed by atoms with Gasteiger partial charge in [0.05, 0.1) is 6.54 Å². The molecule has 1 aliphatic rings. The van der Waals surface area contributed by atoms with Crippen molar-refractivity contribution in [3.8, 4) is 0 Å². The zero-order chi connectivity index (χ0) is 17.2. The van der Waals surface area contributed by atoms with Crippen LogP contribution in [0.1, 0.15) is 5.56 Å². The van der Waals surface area contributed by atoms with Crippen LogP contribution in [0.4, 0.5) is 16.2 Å². The molecular formula is C19H19N5O. The Morgan fingerprint density at radius 2 is 1.96 bits per heavy atom. The van der Waals surface area contributed by atoms with E-state index in [2.05, 4.69) is 20.9 Å². The summed E-state index contributed by atoms with van der Waals surface area (Å²) in [7, 11) is 2.00. The van der Waals surface area contributed by atoms with Crippen molar-refractivity contribution in [3.05, 3.63) is 60.3 Å². The first-order valence-electron chi connectivity index (χ1n) is 8.21. The Morgan fingerprint density at radius 3 is 2.76 bits per heavy atom. The molecule has 0 atom stereocenters. The van der Waals surface area contributed by atoms with Crippen LogP contribution >= 0.6 is 0 Å². The summed E-state index contributed by atoms with van der Waals surface area (Å²) < 4.78 is 2.05. The summed E-state index contributed by atoms with van der Waals surface area (Å²) >= 11 is 0. The number of hydrogen-bond acceptors (Lipinski definition) is 3. The normalized spacial score (nSPS) is 13.4. The van der Waals surface area contributed by atoms with Crippen LogP contribution in [0.5, 0.6) is 0 Å². The van der Waals surface area contributed by atoms with Gasteiger partial charge in [0.15, 0.2) is 0 Å². The van der Waals surface area contributed by atoms with Crippen LogP contribution in [0.2, 0.25) is 0 Å². The molecule has 25 heavy (non-hydrogen) atoms. The number of urea groups is 1. The number of nitrogens with one attached hydrogen (secondary N) is 3. The Bertz CT molecular complexity index is 973. The van der Waals surface area contributed by atoms with Crippen molar-refractivity contribution < 1.29 is 4.79 Å². The minimum Gasteiger partial charge on any atom is -0.368 e. The SMILES string of the molecule is Cn1ccc2cc(NC(=O)Nc3cccc(C4=NCCN4)c3)ccc21. The first kappa shape index (κ1) is 15.3. The average Bonchev–Trinajstić information content (AvgIpc) is 3.25. The molecule has 4 rings (SSSR count). The van der Waals surface area contributed by atoms with Crippen LogP contribution in [0.15, 0.2) is 59.7 Å². The summed E-state index contributed by atoms with van der Waals surface area (Å²) in [6.45, 7) is 1.64. The van der Waals surface area contributed by atoms with Crippen LogP contribution in [-0.2, 0) is 7.05 Å². The van der Waals surface area contributed by atoms with E-state index in [0.717, 1.165) is 46.8 Å². The fraction of sp³-hybridized carbons (Fsp3) is 0.158. The number of fused-ring (bicyclic) bond motifs is 1. The predicted octanol–water partition coefficient (Wildman–Crippen LogP) is 3.17. The molecule has 0 aliphatic carbocycles. The van der Waals surface area contributed by atoms with Gasteiger partial charge in [-0.2, -0.15) is 0 Å². The van der Waals surface area contributed by atoms with Crippen molar-refractivity contribution in [1.82, 2.24) is 9.88 Å². The number of anilines is 2. The molecule has 1 aliphatic heterocycles. The highest BCUT2D eigenvalue weighted by Gasteiger charge is 2.10. The molecule has 0 saturated carbocycles. The predicted molar refractivity (Wildman–Crippen MR) is 101 cm³/mol. The van der Waals surface area contributed by atoms with Gasteiger partial charge < -0.3 is 20.5 Å². The zero-order valence-corrected chi connectivity index (χ0v) is 13.9. The Kier molecular flexibility index (Phi) is 3.85. The molecule has 0 bridgehead atoms.